The van der Waals surface area contributed by atoms with Gasteiger partial charge in [0.15, 0.2) is 0 Å². The lowest BCUT2D eigenvalue weighted by molar-refractivity contribution is 0.0557. The van der Waals surface area contributed by atoms with Crippen molar-refractivity contribution in [2.24, 2.45) is 0 Å². The summed E-state index contributed by atoms with van der Waals surface area (Å²) in [6.07, 6.45) is 1.48. The molecule has 6 nitrogen and oxygen atoms in total. The van der Waals surface area contributed by atoms with Crippen LogP contribution in [0.5, 0.6) is 5.75 Å². The van der Waals surface area contributed by atoms with Crippen molar-refractivity contribution in [1.82, 2.24) is 9.47 Å². The highest BCUT2D eigenvalue weighted by Crippen LogP contribution is 2.35. The number of para-hydroxylation sites is 1. The van der Waals surface area contributed by atoms with Gasteiger partial charge in [-0.05, 0) is 32.0 Å². The number of hydrogen-bond donors (Lipinski definition) is 3. The van der Waals surface area contributed by atoms with Gasteiger partial charge in [-0.2, -0.15) is 0 Å². The summed E-state index contributed by atoms with van der Waals surface area (Å²) in [6.45, 7) is 6.24. The molecule has 0 fully saturated rings. The largest absolute Gasteiger partial charge is 0.490 e. The highest BCUT2D eigenvalue weighted by molar-refractivity contribution is 6.11. The molecule has 1 atom stereocenters. The van der Waals surface area contributed by atoms with Gasteiger partial charge in [-0.3, -0.25) is 4.90 Å². The van der Waals surface area contributed by atoms with Gasteiger partial charge in [0.2, 0.25) is 0 Å². The summed E-state index contributed by atoms with van der Waals surface area (Å²) in [6, 6.07) is 14.3. The molecular formula is C24H32N2O4. The third-order valence-corrected chi connectivity index (χ3v) is 5.17. The first kappa shape index (κ1) is 22.3. The lowest BCUT2D eigenvalue weighted by atomic mass is 10.1. The fraction of sp³-hybridized carbons (Fsp3) is 0.417. The summed E-state index contributed by atoms with van der Waals surface area (Å²) in [7, 11) is 0. The summed E-state index contributed by atoms with van der Waals surface area (Å²) < 4.78 is 8.34. The van der Waals surface area contributed by atoms with Crippen molar-refractivity contribution in [3.63, 3.8) is 0 Å². The van der Waals surface area contributed by atoms with Crippen LogP contribution in [-0.2, 0) is 6.54 Å². The van der Waals surface area contributed by atoms with Crippen LogP contribution in [0, 0.1) is 0 Å². The normalized spacial score (nSPS) is 12.6. The Balaban J connectivity index is 1.86. The van der Waals surface area contributed by atoms with E-state index in [9.17, 15) is 5.11 Å². The monoisotopic (exact) mass is 412 g/mol. The van der Waals surface area contributed by atoms with E-state index in [4.69, 9.17) is 14.9 Å². The van der Waals surface area contributed by atoms with Crippen LogP contribution in [0.3, 0.4) is 0 Å². The zero-order valence-corrected chi connectivity index (χ0v) is 17.8. The molecule has 0 radical (unpaired) electrons. The lowest BCUT2D eigenvalue weighted by Gasteiger charge is -2.23. The van der Waals surface area contributed by atoms with Gasteiger partial charge in [-0.15, -0.1) is 0 Å². The van der Waals surface area contributed by atoms with E-state index in [0.29, 0.717) is 19.6 Å². The zero-order valence-electron chi connectivity index (χ0n) is 17.8. The molecule has 0 aliphatic rings. The van der Waals surface area contributed by atoms with Crippen LogP contribution in [0.1, 0.15) is 13.8 Å². The van der Waals surface area contributed by atoms with Crippen LogP contribution in [0.2, 0.25) is 0 Å². The highest BCUT2D eigenvalue weighted by atomic mass is 16.5. The molecule has 30 heavy (non-hydrogen) atoms. The molecule has 0 bridgehead atoms. The molecule has 162 valence electrons. The van der Waals surface area contributed by atoms with Gasteiger partial charge in [-0.1, -0.05) is 35.9 Å². The molecule has 1 unspecified atom stereocenters. The van der Waals surface area contributed by atoms with Gasteiger partial charge in [0, 0.05) is 42.5 Å². The number of fused-ring (bicyclic) bond motifs is 3. The second-order valence-electron chi connectivity index (χ2n) is 7.77. The molecule has 1 heterocycles. The number of rotatable bonds is 11. The Morgan fingerprint density at radius 2 is 1.73 bits per heavy atom. The van der Waals surface area contributed by atoms with E-state index in [2.05, 4.69) is 42.7 Å². The van der Waals surface area contributed by atoms with Crippen molar-refractivity contribution in [2.45, 2.75) is 26.5 Å². The van der Waals surface area contributed by atoms with E-state index >= 15 is 0 Å². The number of aliphatic hydroxyl groups excluding tert-OH is 3. The summed E-state index contributed by atoms with van der Waals surface area (Å²) in [5, 5.41) is 30.9. The molecule has 0 aliphatic heterocycles. The van der Waals surface area contributed by atoms with Crippen LogP contribution in [0.4, 0.5) is 0 Å². The van der Waals surface area contributed by atoms with E-state index < -0.39 is 6.10 Å². The SMILES string of the molecule is CC(C)=CCn1c2ccccc2c2c(OCC(O)CN(CCO)CCO)cccc21. The standard InChI is InChI=1S/C24H32N2O4/c1-18(2)10-11-26-21-7-4-3-6-20(21)24-22(26)8-5-9-23(24)30-17-19(29)16-25(12-14-27)13-15-28/h3-10,19,27-29H,11-17H2,1-2H3. The van der Waals surface area contributed by atoms with Crippen LogP contribution in [0.25, 0.3) is 21.8 Å². The quantitative estimate of drug-likeness (QED) is 0.422. The first-order valence-electron chi connectivity index (χ1n) is 10.4. The van der Waals surface area contributed by atoms with Crippen molar-refractivity contribution in [3.8, 4) is 5.75 Å². The van der Waals surface area contributed by atoms with E-state index in [1.54, 1.807) is 0 Å². The minimum atomic E-state index is -0.725. The fourth-order valence-corrected chi connectivity index (χ4v) is 3.77. The van der Waals surface area contributed by atoms with Gasteiger partial charge in [-0.25, -0.2) is 0 Å². The summed E-state index contributed by atoms with van der Waals surface area (Å²) in [4.78, 5) is 1.82. The molecule has 0 aliphatic carbocycles. The van der Waals surface area contributed by atoms with E-state index in [-0.39, 0.29) is 19.8 Å². The second-order valence-corrected chi connectivity index (χ2v) is 7.77. The first-order chi connectivity index (χ1) is 14.5. The van der Waals surface area contributed by atoms with Gasteiger partial charge in [0.1, 0.15) is 18.5 Å². The summed E-state index contributed by atoms with van der Waals surface area (Å²) >= 11 is 0. The van der Waals surface area contributed by atoms with Gasteiger partial charge < -0.3 is 24.6 Å². The van der Waals surface area contributed by atoms with Crippen molar-refractivity contribution in [3.05, 3.63) is 54.1 Å². The molecule has 0 amide bonds. The Hall–Kier alpha value is -2.38. The minimum Gasteiger partial charge on any atom is -0.490 e. The van der Waals surface area contributed by atoms with Gasteiger partial charge in [0.05, 0.1) is 18.7 Å². The Labute approximate surface area is 177 Å². The van der Waals surface area contributed by atoms with Crippen molar-refractivity contribution in [2.75, 3.05) is 39.5 Å². The van der Waals surface area contributed by atoms with Crippen LogP contribution in [-0.4, -0.2) is 70.3 Å². The van der Waals surface area contributed by atoms with E-state index in [0.717, 1.165) is 34.1 Å². The van der Waals surface area contributed by atoms with Gasteiger partial charge >= 0.3 is 0 Å². The molecule has 1 aromatic heterocycles. The topological polar surface area (TPSA) is 78.1 Å². The summed E-state index contributed by atoms with van der Waals surface area (Å²) in [5.74, 6) is 0.745. The molecule has 6 heteroatoms. The Morgan fingerprint density at radius 3 is 2.43 bits per heavy atom. The maximum Gasteiger partial charge on any atom is 0.129 e. The van der Waals surface area contributed by atoms with Gasteiger partial charge in [0.25, 0.3) is 0 Å². The third-order valence-electron chi connectivity index (χ3n) is 5.17. The number of aliphatic hydroxyl groups is 3. The molecule has 3 aromatic rings. The fourth-order valence-electron chi connectivity index (χ4n) is 3.77. The molecule has 3 N–H and O–H groups in total. The average Bonchev–Trinajstić information content (AvgIpc) is 3.05. The maximum atomic E-state index is 10.4. The summed E-state index contributed by atoms with van der Waals surface area (Å²) in [5.41, 5.74) is 3.52. The van der Waals surface area contributed by atoms with Crippen LogP contribution < -0.4 is 4.74 Å². The number of nitrogens with zero attached hydrogens (tertiary/aromatic N) is 2. The predicted octanol–water partition coefficient (Wildman–Crippen LogP) is 2.79. The number of ether oxygens (including phenoxy) is 1. The second kappa shape index (κ2) is 10.6. The van der Waals surface area contributed by atoms with E-state index in [1.807, 2.05) is 29.2 Å². The lowest BCUT2D eigenvalue weighted by Crippen LogP contribution is -2.38. The third kappa shape index (κ3) is 5.21. The highest BCUT2D eigenvalue weighted by Gasteiger charge is 2.16. The van der Waals surface area contributed by atoms with E-state index in [1.165, 1.54) is 5.57 Å². The minimum absolute atomic E-state index is 0.0158. The van der Waals surface area contributed by atoms with Crippen molar-refractivity contribution >= 4 is 21.8 Å². The number of hydrogen-bond acceptors (Lipinski definition) is 5. The molecule has 3 rings (SSSR count). The first-order valence-corrected chi connectivity index (χ1v) is 10.4. The Morgan fingerprint density at radius 1 is 1.03 bits per heavy atom. The molecular weight excluding hydrogens is 380 g/mol. The molecule has 0 saturated heterocycles. The smallest absolute Gasteiger partial charge is 0.129 e. The number of aromatic nitrogens is 1. The number of allylic oxidation sites excluding steroid dienone is 2. The van der Waals surface area contributed by atoms with Crippen molar-refractivity contribution in [1.29, 1.82) is 0 Å². The Kier molecular flexibility index (Phi) is 7.87. The molecule has 0 saturated carbocycles. The zero-order chi connectivity index (χ0) is 21.5. The molecule has 0 spiro atoms. The van der Waals surface area contributed by atoms with Crippen LogP contribution >= 0.6 is 0 Å². The van der Waals surface area contributed by atoms with Crippen LogP contribution in [0.15, 0.2) is 54.1 Å². The maximum absolute atomic E-state index is 10.4. The number of benzene rings is 2. The Bertz CT molecular complexity index is 985. The molecule has 2 aromatic carbocycles. The predicted molar refractivity (Wildman–Crippen MR) is 121 cm³/mol. The average molecular weight is 413 g/mol. The van der Waals surface area contributed by atoms with Crippen molar-refractivity contribution < 1.29 is 20.1 Å².